The van der Waals surface area contributed by atoms with Crippen LogP contribution in [0.5, 0.6) is 0 Å². The summed E-state index contributed by atoms with van der Waals surface area (Å²) in [5, 5.41) is 0. The molecule has 0 saturated carbocycles. The Hall–Kier alpha value is -0.736. The van der Waals surface area contributed by atoms with Crippen molar-refractivity contribution in [1.29, 1.82) is 0 Å². The van der Waals surface area contributed by atoms with E-state index in [4.69, 9.17) is 8.54 Å². The summed E-state index contributed by atoms with van der Waals surface area (Å²) in [6, 6.07) is 17.5. The number of hydrogen-bond donors (Lipinski definition) is 0. The Labute approximate surface area is 325 Å². The fourth-order valence-corrected chi connectivity index (χ4v) is 195. The van der Waals surface area contributed by atoms with Gasteiger partial charge in [-0.1, -0.05) is 60.7 Å². The first-order valence-electron chi connectivity index (χ1n) is 15.0. The van der Waals surface area contributed by atoms with E-state index in [0.717, 1.165) is 0 Å². The molecule has 0 fully saturated rings. The fourth-order valence-electron chi connectivity index (χ4n) is 4.26. The molecule has 0 aromatic heterocycles. The highest BCUT2D eigenvalue weighted by atomic mass is 30.1. The van der Waals surface area contributed by atoms with Crippen LogP contribution in [-0.4, -0.2) is 142 Å². The maximum absolute atomic E-state index is 13.1. The first-order chi connectivity index (χ1) is 24.5. The molecule has 0 heterocycles. The van der Waals surface area contributed by atoms with E-state index in [1.807, 2.05) is 0 Å². The number of benzene rings is 2. The van der Waals surface area contributed by atoms with Crippen LogP contribution in [0.1, 0.15) is 18.1 Å². The van der Waals surface area contributed by atoms with Crippen molar-refractivity contribution in [2.24, 2.45) is 0 Å². The highest BCUT2D eigenvalue weighted by Crippen LogP contribution is 2.32. The standard InChI is InChI=1S/C18H28O17Si18/c1-18(16-12-8-6-9-13-16,17-14-10-7-11-15-17)34-36-38(19)40(21)42(23)44(25)46(27)48(29)50(31)52(33)51(32)49(30)47(28)45(26)43(24)41(22)39(20)37(2)35-53(3,4)5/h6-15,37H,36H2,1-5H3. The molecule has 0 saturated heterocycles. The van der Waals surface area contributed by atoms with Gasteiger partial charge in [-0.3, -0.25) is 0 Å². The van der Waals surface area contributed by atoms with Crippen molar-refractivity contribution in [2.45, 2.75) is 38.7 Å². The smallest absolute Gasteiger partial charge is 0.381 e. The van der Waals surface area contributed by atoms with Crippen LogP contribution < -0.4 is 0 Å². The van der Waals surface area contributed by atoms with Crippen molar-refractivity contribution in [1.82, 2.24) is 0 Å². The summed E-state index contributed by atoms with van der Waals surface area (Å²) < 4.78 is 203. The summed E-state index contributed by atoms with van der Waals surface area (Å²) in [6.45, 7) is 8.39. The lowest BCUT2D eigenvalue weighted by molar-refractivity contribution is 0.144. The van der Waals surface area contributed by atoms with E-state index in [-0.39, 0.29) is 0 Å². The topological polar surface area (TPSA) is 275 Å². The second kappa shape index (κ2) is 21.1. The van der Waals surface area contributed by atoms with Crippen molar-refractivity contribution < 1.29 is 75.5 Å². The summed E-state index contributed by atoms with van der Waals surface area (Å²) in [5.74, 6) is 0. The van der Waals surface area contributed by atoms with E-state index in [1.54, 1.807) is 87.2 Å². The molecule has 2 aromatic carbocycles. The van der Waals surface area contributed by atoms with Crippen LogP contribution in [0.4, 0.5) is 0 Å². The molecular weight excluding hydrogens is 994 g/mol. The second-order valence-corrected chi connectivity index (χ2v) is 97.9. The fraction of sp³-hybridized carbons (Fsp3) is 0.333. The van der Waals surface area contributed by atoms with Crippen LogP contribution in [0.3, 0.4) is 0 Å². The average molecular weight is 1020 g/mol. The minimum absolute atomic E-state index is 0.653. The molecule has 0 N–H and O–H groups in total. The highest BCUT2D eigenvalue weighted by Gasteiger charge is 2.55. The molecule has 274 valence electrons. The van der Waals surface area contributed by atoms with E-state index in [9.17, 15) is 66.9 Å². The van der Waals surface area contributed by atoms with Gasteiger partial charge in [-0.15, -0.1) is 0 Å². The molecule has 35 heteroatoms. The van der Waals surface area contributed by atoms with Crippen LogP contribution in [0, 0.1) is 0 Å². The minimum Gasteiger partial charge on any atom is -0.455 e. The molecule has 0 aliphatic heterocycles. The largest absolute Gasteiger partial charge is 0.455 e. The monoisotopic (exact) mass is 1020 g/mol. The van der Waals surface area contributed by atoms with Gasteiger partial charge in [-0.2, -0.15) is 0 Å². The molecule has 0 aliphatic rings. The van der Waals surface area contributed by atoms with E-state index >= 15 is 0 Å². The zero-order chi connectivity index (χ0) is 40.6. The van der Waals surface area contributed by atoms with Crippen molar-refractivity contribution in [3.8, 4) is 0 Å². The molecule has 0 aliphatic carbocycles. The molecular formula is C18H28O17Si18. The van der Waals surface area contributed by atoms with Gasteiger partial charge in [-0.25, -0.2) is 0 Å². The van der Waals surface area contributed by atoms with Gasteiger partial charge >= 0.3 is 116 Å². The number of rotatable bonds is 22. The van der Waals surface area contributed by atoms with Crippen LogP contribution >= 0.6 is 0 Å². The normalized spacial score (nSPS) is 11.9. The van der Waals surface area contributed by atoms with E-state index < -0.39 is 148 Å². The van der Waals surface area contributed by atoms with Crippen molar-refractivity contribution in [2.75, 3.05) is 0 Å². The Balaban J connectivity index is 2.10. The quantitative estimate of drug-likeness (QED) is 0.103. The molecule has 1 unspecified atom stereocenters. The molecule has 0 bridgehead atoms. The van der Waals surface area contributed by atoms with Crippen LogP contribution in [-0.2, 0) is 81.1 Å². The SMILES string of the molecule is C[SiH](O[Si](C)(C)C)[Si](=O)[Si](=O)[Si](=O)[Si](=O)[Si](=O)[Si](=O)[Si](=O)[Si](=O)[Si](=O)[Si](=O)[Si](=O)[Si](=O)[Si](=O)[Si](=O)[Si](=O)[SiH2]OC(C)(c1ccccc1)c1ccccc1. The zero-order valence-electron chi connectivity index (χ0n) is 28.5. The maximum Gasteiger partial charge on any atom is 0.381 e. The maximum atomic E-state index is 13.1. The van der Waals surface area contributed by atoms with Gasteiger partial charge in [0.25, 0.3) is 0 Å². The van der Waals surface area contributed by atoms with Crippen molar-refractivity contribution in [3.63, 3.8) is 0 Å². The highest BCUT2D eigenvalue weighted by molar-refractivity contribution is 7.81. The van der Waals surface area contributed by atoms with Crippen LogP contribution in [0.2, 0.25) is 26.2 Å². The Morgan fingerprint density at radius 3 is 1.08 bits per heavy atom. The zero-order valence-corrected chi connectivity index (χ0v) is 47.1. The van der Waals surface area contributed by atoms with Crippen molar-refractivity contribution >= 4 is 142 Å². The third-order valence-electron chi connectivity index (χ3n) is 6.99. The number of hydrogen-bond acceptors (Lipinski definition) is 17. The van der Waals surface area contributed by atoms with Crippen molar-refractivity contribution in [3.05, 3.63) is 71.8 Å². The molecule has 1 atom stereocenters. The van der Waals surface area contributed by atoms with Gasteiger partial charge in [0.05, 0.1) is 0 Å². The first-order valence-corrected chi connectivity index (χ1v) is 59.9. The van der Waals surface area contributed by atoms with Gasteiger partial charge in [0.15, 0.2) is 8.32 Å². The Morgan fingerprint density at radius 2 is 0.774 bits per heavy atom. The minimum atomic E-state index is -4.27. The second-order valence-electron chi connectivity index (χ2n) is 12.0. The molecule has 0 amide bonds. The van der Waals surface area contributed by atoms with Gasteiger partial charge in [0.2, 0.25) is 17.8 Å². The lowest BCUT2D eigenvalue weighted by Crippen LogP contribution is -2.56. The lowest BCUT2D eigenvalue weighted by atomic mass is 9.88. The predicted molar refractivity (Wildman–Crippen MR) is 203 cm³/mol. The van der Waals surface area contributed by atoms with Crippen LogP contribution in [0.25, 0.3) is 0 Å². The van der Waals surface area contributed by atoms with E-state index in [0.29, 0.717) is 11.1 Å². The van der Waals surface area contributed by atoms with Gasteiger partial charge in [0, 0.05) is 0 Å². The van der Waals surface area contributed by atoms with Gasteiger partial charge < -0.3 is 75.5 Å². The summed E-state index contributed by atoms with van der Waals surface area (Å²) in [5.41, 5.74) is 0.137. The molecule has 2 rings (SSSR count). The van der Waals surface area contributed by atoms with E-state index in [2.05, 4.69) is 0 Å². The summed E-state index contributed by atoms with van der Waals surface area (Å²) >= 11 is 0. The third-order valence-corrected chi connectivity index (χ3v) is 138. The molecule has 53 heavy (non-hydrogen) atoms. The lowest BCUT2D eigenvalue weighted by Gasteiger charge is -2.31. The molecule has 0 spiro atoms. The third kappa shape index (κ3) is 12.9. The molecule has 17 nitrogen and oxygen atoms in total. The predicted octanol–water partition coefficient (Wildman–Crippen LogP) is -3.74. The van der Waals surface area contributed by atoms with E-state index in [1.165, 1.54) is 6.55 Å². The van der Waals surface area contributed by atoms with Gasteiger partial charge in [0.1, 0.15) is 5.60 Å². The van der Waals surface area contributed by atoms with Gasteiger partial charge in [-0.05, 0) is 44.2 Å². The Bertz CT molecular complexity index is 2010. The Kier molecular flexibility index (Phi) is 19.3. The Morgan fingerprint density at radius 1 is 0.491 bits per heavy atom. The molecule has 2 aromatic rings. The van der Waals surface area contributed by atoms with Crippen LogP contribution in [0.15, 0.2) is 60.7 Å². The summed E-state index contributed by atoms with van der Waals surface area (Å²) in [6.07, 6.45) is 0. The molecule has 0 radical (unpaired) electrons. The average Bonchev–Trinajstić information content (AvgIpc) is 3.15. The summed E-state index contributed by atoms with van der Waals surface area (Å²) in [4.78, 5) is 0. The summed E-state index contributed by atoms with van der Waals surface area (Å²) in [7, 11) is -66.5. The first kappa shape index (κ1) is 48.4.